The predicted octanol–water partition coefficient (Wildman–Crippen LogP) is 0.989. The summed E-state index contributed by atoms with van der Waals surface area (Å²) in [6.07, 6.45) is 0. The predicted molar refractivity (Wildman–Crippen MR) is 78.0 cm³/mol. The number of aromatic nitrogens is 3. The molecule has 0 bridgehead atoms. The first-order valence-electron chi connectivity index (χ1n) is 6.17. The van der Waals surface area contributed by atoms with Gasteiger partial charge in [0.15, 0.2) is 5.16 Å². The van der Waals surface area contributed by atoms with E-state index in [0.717, 1.165) is 16.5 Å². The Balaban J connectivity index is 2.13. The van der Waals surface area contributed by atoms with Crippen molar-refractivity contribution in [2.75, 3.05) is 5.75 Å². The highest BCUT2D eigenvalue weighted by molar-refractivity contribution is 7.99. The van der Waals surface area contributed by atoms with Crippen LogP contribution in [0, 0.1) is 6.92 Å². The Labute approximate surface area is 121 Å². The smallest absolute Gasteiger partial charge is 0.242 e. The highest BCUT2D eigenvalue weighted by Crippen LogP contribution is 2.25. The average molecular weight is 291 g/mol. The summed E-state index contributed by atoms with van der Waals surface area (Å²) in [4.78, 5) is 11.9. The van der Waals surface area contributed by atoms with E-state index in [2.05, 4.69) is 15.6 Å². The number of hydrogen-bond acceptors (Lipinski definition) is 5. The molecule has 0 radical (unpaired) electrons. The van der Waals surface area contributed by atoms with Crippen molar-refractivity contribution in [1.82, 2.24) is 20.2 Å². The fourth-order valence-electron chi connectivity index (χ4n) is 1.78. The molecule has 2 rings (SSSR count). The largest absolute Gasteiger partial charge is 0.309 e. The molecule has 0 fully saturated rings. The van der Waals surface area contributed by atoms with Crippen molar-refractivity contribution in [2.24, 2.45) is 12.9 Å². The first-order valence-corrected chi connectivity index (χ1v) is 7.16. The molecule has 0 aliphatic heterocycles. The number of rotatable bonds is 5. The molecule has 0 spiro atoms. The fraction of sp³-hybridized carbons (Fsp3) is 0.308. The second-order valence-corrected chi connectivity index (χ2v) is 5.36. The Morgan fingerprint density at radius 1 is 1.40 bits per heavy atom. The van der Waals surface area contributed by atoms with Crippen molar-refractivity contribution in [1.29, 1.82) is 0 Å². The van der Waals surface area contributed by atoms with Crippen molar-refractivity contribution in [2.45, 2.75) is 18.0 Å². The molecule has 2 aromatic rings. The molecule has 1 atom stereocenters. The van der Waals surface area contributed by atoms with Crippen molar-refractivity contribution in [3.8, 4) is 0 Å². The molecule has 1 aromatic heterocycles. The molecule has 1 aromatic carbocycles. The maximum absolute atomic E-state index is 11.9. The number of carbonyl (C=O) groups is 1. The van der Waals surface area contributed by atoms with Crippen LogP contribution in [0.1, 0.15) is 17.3 Å². The van der Waals surface area contributed by atoms with E-state index in [1.165, 1.54) is 11.8 Å². The lowest BCUT2D eigenvalue weighted by Gasteiger charge is -2.14. The molecule has 6 nitrogen and oxygen atoms in total. The number of nitrogens with zero attached hydrogens (tertiary/aromatic N) is 3. The number of thioether (sulfide) groups is 1. The Kier molecular flexibility index (Phi) is 4.75. The summed E-state index contributed by atoms with van der Waals surface area (Å²) < 4.78 is 1.90. The first kappa shape index (κ1) is 14.5. The first-order chi connectivity index (χ1) is 9.63. The Morgan fingerprint density at radius 2 is 2.10 bits per heavy atom. The monoisotopic (exact) mass is 291 g/mol. The summed E-state index contributed by atoms with van der Waals surface area (Å²) in [5.74, 6) is 6.14. The fourth-order valence-corrected chi connectivity index (χ4v) is 2.86. The number of carbonyl (C=O) groups excluding carboxylic acids is 1. The summed E-state index contributed by atoms with van der Waals surface area (Å²) >= 11 is 1.49. The van der Waals surface area contributed by atoms with Crippen molar-refractivity contribution in [3.05, 3.63) is 41.7 Å². The number of hydrogen-bond donors (Lipinski definition) is 2. The maximum Gasteiger partial charge on any atom is 0.242 e. The van der Waals surface area contributed by atoms with Crippen LogP contribution in [-0.4, -0.2) is 26.4 Å². The van der Waals surface area contributed by atoms with Crippen LogP contribution in [0.3, 0.4) is 0 Å². The van der Waals surface area contributed by atoms with Gasteiger partial charge in [-0.3, -0.25) is 10.2 Å². The Hall–Kier alpha value is -1.86. The Morgan fingerprint density at radius 3 is 2.65 bits per heavy atom. The number of benzene rings is 1. The summed E-state index contributed by atoms with van der Waals surface area (Å²) in [7, 11) is 1.90. The molecule has 0 aliphatic rings. The van der Waals surface area contributed by atoms with Gasteiger partial charge in [-0.1, -0.05) is 42.1 Å². The third-order valence-corrected chi connectivity index (χ3v) is 4.21. The van der Waals surface area contributed by atoms with Crippen LogP contribution in [0.15, 0.2) is 35.5 Å². The lowest BCUT2D eigenvalue weighted by molar-refractivity contribution is -0.122. The highest BCUT2D eigenvalue weighted by atomic mass is 32.2. The van der Waals surface area contributed by atoms with Gasteiger partial charge in [0.25, 0.3) is 0 Å². The summed E-state index contributed by atoms with van der Waals surface area (Å²) in [6, 6.07) is 9.57. The SMILES string of the molecule is Cc1nnc(SCC(C(=O)NN)c2ccccc2)n1C. The molecule has 20 heavy (non-hydrogen) atoms. The number of amides is 1. The molecule has 106 valence electrons. The van der Waals surface area contributed by atoms with Gasteiger partial charge in [0.05, 0.1) is 5.92 Å². The normalized spacial score (nSPS) is 12.2. The van der Waals surface area contributed by atoms with Crippen LogP contribution >= 0.6 is 11.8 Å². The van der Waals surface area contributed by atoms with Crippen molar-refractivity contribution < 1.29 is 4.79 Å². The lowest BCUT2D eigenvalue weighted by Crippen LogP contribution is -2.35. The third-order valence-electron chi connectivity index (χ3n) is 3.09. The highest BCUT2D eigenvalue weighted by Gasteiger charge is 2.21. The van der Waals surface area contributed by atoms with Gasteiger partial charge in [-0.15, -0.1) is 10.2 Å². The van der Waals surface area contributed by atoms with Crippen LogP contribution in [0.4, 0.5) is 0 Å². The van der Waals surface area contributed by atoms with E-state index in [-0.39, 0.29) is 11.8 Å². The van der Waals surface area contributed by atoms with Gasteiger partial charge in [0, 0.05) is 12.8 Å². The molecule has 0 saturated heterocycles. The van der Waals surface area contributed by atoms with Gasteiger partial charge in [-0.05, 0) is 12.5 Å². The number of hydrazine groups is 1. The summed E-state index contributed by atoms with van der Waals surface area (Å²) in [5, 5.41) is 8.86. The molecular weight excluding hydrogens is 274 g/mol. The number of nitrogens with one attached hydrogen (secondary N) is 1. The van der Waals surface area contributed by atoms with E-state index in [1.807, 2.05) is 48.9 Å². The van der Waals surface area contributed by atoms with Gasteiger partial charge in [0.2, 0.25) is 5.91 Å². The second kappa shape index (κ2) is 6.53. The topological polar surface area (TPSA) is 85.8 Å². The third kappa shape index (κ3) is 3.17. The van der Waals surface area contributed by atoms with Crippen LogP contribution in [0.25, 0.3) is 0 Å². The molecule has 1 unspecified atom stereocenters. The van der Waals surface area contributed by atoms with Gasteiger partial charge in [-0.25, -0.2) is 5.84 Å². The van der Waals surface area contributed by atoms with Gasteiger partial charge < -0.3 is 4.57 Å². The van der Waals surface area contributed by atoms with Gasteiger partial charge in [-0.2, -0.15) is 0 Å². The molecule has 3 N–H and O–H groups in total. The molecular formula is C13H17N5OS. The number of nitrogens with two attached hydrogens (primary N) is 1. The van der Waals surface area contributed by atoms with Crippen LogP contribution < -0.4 is 11.3 Å². The van der Waals surface area contributed by atoms with E-state index in [0.29, 0.717) is 5.75 Å². The van der Waals surface area contributed by atoms with E-state index >= 15 is 0 Å². The van der Waals surface area contributed by atoms with E-state index in [9.17, 15) is 4.79 Å². The molecule has 7 heteroatoms. The zero-order chi connectivity index (χ0) is 14.5. The Bertz CT molecular complexity index is 584. The minimum absolute atomic E-state index is 0.206. The number of aryl methyl sites for hydroxylation is 1. The van der Waals surface area contributed by atoms with E-state index < -0.39 is 0 Å². The maximum atomic E-state index is 11.9. The van der Waals surface area contributed by atoms with Crippen molar-refractivity contribution >= 4 is 17.7 Å². The van der Waals surface area contributed by atoms with Crippen LogP contribution in [0.2, 0.25) is 0 Å². The molecule has 0 aliphatic carbocycles. The summed E-state index contributed by atoms with van der Waals surface area (Å²) in [5.41, 5.74) is 3.16. The lowest BCUT2D eigenvalue weighted by atomic mass is 10.0. The standard InChI is InChI=1S/C13H17N5OS/c1-9-16-17-13(18(9)2)20-8-11(12(19)15-14)10-6-4-3-5-7-10/h3-7,11H,8,14H2,1-2H3,(H,15,19). The van der Waals surface area contributed by atoms with Gasteiger partial charge >= 0.3 is 0 Å². The van der Waals surface area contributed by atoms with E-state index in [4.69, 9.17) is 5.84 Å². The van der Waals surface area contributed by atoms with Crippen molar-refractivity contribution in [3.63, 3.8) is 0 Å². The average Bonchev–Trinajstić information content (AvgIpc) is 2.80. The quantitative estimate of drug-likeness (QED) is 0.371. The second-order valence-electron chi connectivity index (χ2n) is 4.37. The summed E-state index contributed by atoms with van der Waals surface area (Å²) in [6.45, 7) is 1.89. The molecule has 0 saturated carbocycles. The van der Waals surface area contributed by atoms with Crippen LogP contribution in [0.5, 0.6) is 0 Å². The zero-order valence-corrected chi connectivity index (χ0v) is 12.2. The van der Waals surface area contributed by atoms with Crippen LogP contribution in [-0.2, 0) is 11.8 Å². The van der Waals surface area contributed by atoms with Gasteiger partial charge in [0.1, 0.15) is 5.82 Å². The molecule has 1 amide bonds. The minimum atomic E-state index is -0.316. The zero-order valence-electron chi connectivity index (χ0n) is 11.4. The minimum Gasteiger partial charge on any atom is -0.309 e. The van der Waals surface area contributed by atoms with E-state index in [1.54, 1.807) is 0 Å². The molecule has 1 heterocycles.